The molecule has 1 heterocycles. The van der Waals surface area contributed by atoms with Crippen molar-refractivity contribution in [1.82, 2.24) is 9.80 Å². The number of ether oxygens (including phenoxy) is 1. The third kappa shape index (κ3) is 5.16. The van der Waals surface area contributed by atoms with Gasteiger partial charge in [0.05, 0.1) is 17.6 Å². The van der Waals surface area contributed by atoms with Crippen LogP contribution in [0.25, 0.3) is 0 Å². The molecule has 6 nitrogen and oxygen atoms in total. The first-order valence-electron chi connectivity index (χ1n) is 9.71. The van der Waals surface area contributed by atoms with E-state index in [4.69, 9.17) is 4.74 Å². The van der Waals surface area contributed by atoms with E-state index in [-0.39, 0.29) is 22.4 Å². The van der Waals surface area contributed by atoms with Gasteiger partial charge in [-0.3, -0.25) is 9.69 Å². The number of likely N-dealkylation sites (tertiary alicyclic amines) is 1. The molecule has 1 saturated heterocycles. The Kier molecular flexibility index (Phi) is 6.59. The number of piperidine rings is 1. The first-order chi connectivity index (χ1) is 13.8. The van der Waals surface area contributed by atoms with Crippen molar-refractivity contribution in [3.05, 3.63) is 59.7 Å². The molecule has 0 atom stereocenters. The van der Waals surface area contributed by atoms with Gasteiger partial charge in [0.15, 0.2) is 9.84 Å². The van der Waals surface area contributed by atoms with Crippen LogP contribution in [0.3, 0.4) is 0 Å². The van der Waals surface area contributed by atoms with Crippen LogP contribution >= 0.6 is 0 Å². The van der Waals surface area contributed by atoms with Crippen LogP contribution in [0.5, 0.6) is 5.75 Å². The van der Waals surface area contributed by atoms with Crippen LogP contribution < -0.4 is 4.74 Å². The summed E-state index contributed by atoms with van der Waals surface area (Å²) in [6.07, 6.45) is 2.89. The molecule has 0 N–H and O–H groups in total. The summed E-state index contributed by atoms with van der Waals surface area (Å²) >= 11 is 0. The van der Waals surface area contributed by atoms with E-state index >= 15 is 0 Å². The Hall–Kier alpha value is -2.38. The van der Waals surface area contributed by atoms with Crippen LogP contribution in [0.15, 0.2) is 53.4 Å². The molecule has 2 aromatic carbocycles. The van der Waals surface area contributed by atoms with Crippen molar-refractivity contribution in [3.8, 4) is 5.75 Å². The van der Waals surface area contributed by atoms with Gasteiger partial charge < -0.3 is 9.64 Å². The van der Waals surface area contributed by atoms with Gasteiger partial charge in [-0.1, -0.05) is 30.3 Å². The lowest BCUT2D eigenvalue weighted by Gasteiger charge is -2.37. The summed E-state index contributed by atoms with van der Waals surface area (Å²) < 4.78 is 29.1. The smallest absolute Gasteiger partial charge is 0.257 e. The van der Waals surface area contributed by atoms with Crippen LogP contribution in [-0.2, 0) is 16.4 Å². The van der Waals surface area contributed by atoms with Gasteiger partial charge in [0, 0.05) is 39.0 Å². The van der Waals surface area contributed by atoms with E-state index in [0.29, 0.717) is 5.75 Å². The highest BCUT2D eigenvalue weighted by atomic mass is 32.2. The van der Waals surface area contributed by atoms with Gasteiger partial charge in [0.25, 0.3) is 5.91 Å². The molecule has 2 aromatic rings. The van der Waals surface area contributed by atoms with E-state index in [0.717, 1.165) is 38.7 Å². The summed E-state index contributed by atoms with van der Waals surface area (Å²) in [4.78, 5) is 17.4. The van der Waals surface area contributed by atoms with Gasteiger partial charge in [-0.15, -0.1) is 0 Å². The predicted molar refractivity (Wildman–Crippen MR) is 113 cm³/mol. The molecular formula is C22H28N2O4S. The zero-order valence-electron chi connectivity index (χ0n) is 17.2. The Labute approximate surface area is 173 Å². The topological polar surface area (TPSA) is 66.9 Å². The first-order valence-corrected chi connectivity index (χ1v) is 11.6. The van der Waals surface area contributed by atoms with E-state index in [1.807, 2.05) is 18.2 Å². The van der Waals surface area contributed by atoms with Gasteiger partial charge in [-0.25, -0.2) is 8.42 Å². The summed E-state index contributed by atoms with van der Waals surface area (Å²) in [5.74, 6) is 0.171. The lowest BCUT2D eigenvalue weighted by Crippen LogP contribution is -2.45. The number of rotatable bonds is 6. The SMILES string of the molecule is COc1ccc(S(C)(=O)=O)cc1C(=O)N(C)C1CCN(Cc2ccccc2)CC1. The number of amides is 1. The van der Waals surface area contributed by atoms with Crippen LogP contribution in [0.1, 0.15) is 28.8 Å². The third-order valence-corrected chi connectivity index (χ3v) is 6.61. The van der Waals surface area contributed by atoms with Crippen LogP contribution in [0, 0.1) is 0 Å². The minimum absolute atomic E-state index is 0.112. The standard InChI is InChI=1S/C22H28N2O4S/c1-23(18-11-13-24(14-12-18)16-17-7-5-4-6-8-17)22(25)20-15-19(29(3,26)27)9-10-21(20)28-2/h4-10,15,18H,11-14,16H2,1-3H3. The van der Waals surface area contributed by atoms with Crippen LogP contribution in [-0.4, -0.2) is 63.7 Å². The summed E-state index contributed by atoms with van der Waals surface area (Å²) in [5.41, 5.74) is 1.57. The third-order valence-electron chi connectivity index (χ3n) is 5.50. The lowest BCUT2D eigenvalue weighted by atomic mass is 10.0. The van der Waals surface area contributed by atoms with Crippen LogP contribution in [0.4, 0.5) is 0 Å². The first kappa shape index (κ1) is 21.3. The fourth-order valence-electron chi connectivity index (χ4n) is 3.75. The molecule has 0 bridgehead atoms. The van der Waals surface area contributed by atoms with Gasteiger partial charge in [-0.05, 0) is 36.6 Å². The molecule has 1 aliphatic heterocycles. The van der Waals surface area contributed by atoms with Gasteiger partial charge in [0.1, 0.15) is 5.75 Å². The minimum atomic E-state index is -3.40. The summed E-state index contributed by atoms with van der Waals surface area (Å²) in [5, 5.41) is 0. The van der Waals surface area contributed by atoms with Gasteiger partial charge >= 0.3 is 0 Å². The zero-order valence-corrected chi connectivity index (χ0v) is 18.0. The van der Waals surface area contributed by atoms with Crippen molar-refractivity contribution in [2.75, 3.05) is 33.5 Å². The fraction of sp³-hybridized carbons (Fsp3) is 0.409. The molecule has 0 aromatic heterocycles. The number of benzene rings is 2. The highest BCUT2D eigenvalue weighted by Crippen LogP contribution is 2.26. The molecule has 0 unspecified atom stereocenters. The molecule has 0 spiro atoms. The molecule has 29 heavy (non-hydrogen) atoms. The Morgan fingerprint density at radius 2 is 1.79 bits per heavy atom. The molecule has 3 rings (SSSR count). The van der Waals surface area contributed by atoms with Crippen LogP contribution in [0.2, 0.25) is 0 Å². The van der Waals surface area contributed by atoms with E-state index in [9.17, 15) is 13.2 Å². The number of sulfone groups is 1. The maximum absolute atomic E-state index is 13.1. The molecule has 0 aliphatic carbocycles. The molecule has 1 fully saturated rings. The number of nitrogens with zero attached hydrogens (tertiary/aromatic N) is 2. The second-order valence-electron chi connectivity index (χ2n) is 7.54. The average Bonchev–Trinajstić information content (AvgIpc) is 2.73. The predicted octanol–water partition coefficient (Wildman–Crippen LogP) is 2.84. The van der Waals surface area contributed by atoms with E-state index < -0.39 is 9.84 Å². The highest BCUT2D eigenvalue weighted by Gasteiger charge is 2.28. The Morgan fingerprint density at radius 3 is 2.38 bits per heavy atom. The summed E-state index contributed by atoms with van der Waals surface area (Å²) in [6.45, 7) is 2.74. The second-order valence-corrected chi connectivity index (χ2v) is 9.56. The summed E-state index contributed by atoms with van der Waals surface area (Å²) in [6, 6.07) is 14.9. The number of hydrogen-bond donors (Lipinski definition) is 0. The van der Waals surface area contributed by atoms with Crippen molar-refractivity contribution in [1.29, 1.82) is 0 Å². The van der Waals surface area contributed by atoms with Crippen molar-refractivity contribution in [2.24, 2.45) is 0 Å². The number of methoxy groups -OCH3 is 1. The summed E-state index contributed by atoms with van der Waals surface area (Å²) in [7, 11) is -0.140. The fourth-order valence-corrected chi connectivity index (χ4v) is 4.39. The Bertz CT molecular complexity index is 952. The van der Waals surface area contributed by atoms with E-state index in [1.54, 1.807) is 18.0 Å². The van der Waals surface area contributed by atoms with E-state index in [1.165, 1.54) is 24.8 Å². The lowest BCUT2D eigenvalue weighted by molar-refractivity contribution is 0.0633. The normalized spacial score (nSPS) is 15.8. The number of carbonyl (C=O) groups is 1. The highest BCUT2D eigenvalue weighted by molar-refractivity contribution is 7.90. The number of carbonyl (C=O) groups excluding carboxylic acids is 1. The van der Waals surface area contributed by atoms with Crippen molar-refractivity contribution < 1.29 is 17.9 Å². The maximum atomic E-state index is 13.1. The molecule has 7 heteroatoms. The molecule has 0 radical (unpaired) electrons. The van der Waals surface area contributed by atoms with Gasteiger partial charge in [-0.2, -0.15) is 0 Å². The Balaban J connectivity index is 1.68. The molecule has 1 amide bonds. The molecule has 0 saturated carbocycles. The quantitative estimate of drug-likeness (QED) is 0.724. The second kappa shape index (κ2) is 8.97. The van der Waals surface area contributed by atoms with Crippen molar-refractivity contribution >= 4 is 15.7 Å². The average molecular weight is 417 g/mol. The Morgan fingerprint density at radius 1 is 1.14 bits per heavy atom. The number of hydrogen-bond acceptors (Lipinski definition) is 5. The van der Waals surface area contributed by atoms with Gasteiger partial charge in [0.2, 0.25) is 0 Å². The zero-order chi connectivity index (χ0) is 21.0. The maximum Gasteiger partial charge on any atom is 0.257 e. The monoisotopic (exact) mass is 416 g/mol. The molecule has 1 aliphatic rings. The van der Waals surface area contributed by atoms with Crippen molar-refractivity contribution in [3.63, 3.8) is 0 Å². The molecular weight excluding hydrogens is 388 g/mol. The van der Waals surface area contributed by atoms with E-state index in [2.05, 4.69) is 17.0 Å². The minimum Gasteiger partial charge on any atom is -0.496 e. The molecule has 156 valence electrons. The van der Waals surface area contributed by atoms with Crippen molar-refractivity contribution in [2.45, 2.75) is 30.3 Å². The largest absolute Gasteiger partial charge is 0.496 e.